The molecular formula is C10H15N3O. The van der Waals surface area contributed by atoms with Gasteiger partial charge in [0.25, 0.3) is 0 Å². The van der Waals surface area contributed by atoms with Gasteiger partial charge in [-0.15, -0.1) is 5.10 Å². The first-order valence-electron chi connectivity index (χ1n) is 5.22. The normalized spacial score (nSPS) is 15.2. The second kappa shape index (κ2) is 4.46. The Labute approximate surface area is 83.4 Å². The molecule has 1 N–H and O–H groups in total. The fourth-order valence-corrected chi connectivity index (χ4v) is 1.74. The van der Waals surface area contributed by atoms with Gasteiger partial charge in [-0.3, -0.25) is 0 Å². The second-order valence-electron chi connectivity index (χ2n) is 3.66. The van der Waals surface area contributed by atoms with Crippen LogP contribution in [-0.2, 0) is 19.3 Å². The standard InChI is InChI=1S/C10H15N3O/c14-7-3-6-10-11-8-4-1-2-5-9(8)12-13-10/h14H,1-7H2. The highest BCUT2D eigenvalue weighted by Gasteiger charge is 2.13. The van der Waals surface area contributed by atoms with E-state index in [1.165, 1.54) is 12.8 Å². The van der Waals surface area contributed by atoms with E-state index in [1.807, 2.05) is 0 Å². The zero-order chi connectivity index (χ0) is 9.80. The maximum Gasteiger partial charge on any atom is 0.151 e. The Morgan fingerprint density at radius 3 is 2.64 bits per heavy atom. The molecule has 0 saturated heterocycles. The van der Waals surface area contributed by atoms with Crippen molar-refractivity contribution in [2.75, 3.05) is 6.61 Å². The molecule has 1 aliphatic carbocycles. The number of aryl methyl sites for hydroxylation is 3. The number of aliphatic hydroxyl groups excluding tert-OH is 1. The predicted octanol–water partition coefficient (Wildman–Crippen LogP) is 0.675. The summed E-state index contributed by atoms with van der Waals surface area (Å²) >= 11 is 0. The molecule has 0 fully saturated rings. The number of aliphatic hydroxyl groups is 1. The van der Waals surface area contributed by atoms with Crippen molar-refractivity contribution in [2.45, 2.75) is 38.5 Å². The average molecular weight is 193 g/mol. The summed E-state index contributed by atoms with van der Waals surface area (Å²) in [4.78, 5) is 4.47. The van der Waals surface area contributed by atoms with Gasteiger partial charge in [0, 0.05) is 13.0 Å². The summed E-state index contributed by atoms with van der Waals surface area (Å²) in [7, 11) is 0. The summed E-state index contributed by atoms with van der Waals surface area (Å²) in [5, 5.41) is 16.9. The van der Waals surface area contributed by atoms with Gasteiger partial charge in [0.2, 0.25) is 0 Å². The maximum absolute atomic E-state index is 8.69. The Hall–Kier alpha value is -1.03. The third-order valence-electron chi connectivity index (χ3n) is 2.52. The zero-order valence-electron chi connectivity index (χ0n) is 8.24. The van der Waals surface area contributed by atoms with Crippen LogP contribution in [0.1, 0.15) is 36.5 Å². The molecule has 0 aromatic carbocycles. The number of aromatic nitrogens is 3. The van der Waals surface area contributed by atoms with Crippen LogP contribution in [0.25, 0.3) is 0 Å². The van der Waals surface area contributed by atoms with Gasteiger partial charge >= 0.3 is 0 Å². The Balaban J connectivity index is 2.12. The fraction of sp³-hybridized carbons (Fsp3) is 0.700. The number of rotatable bonds is 3. The molecule has 0 unspecified atom stereocenters. The summed E-state index contributed by atoms with van der Waals surface area (Å²) in [6, 6.07) is 0. The highest BCUT2D eigenvalue weighted by Crippen LogP contribution is 2.16. The van der Waals surface area contributed by atoms with E-state index < -0.39 is 0 Å². The molecule has 1 aromatic rings. The minimum atomic E-state index is 0.195. The molecule has 14 heavy (non-hydrogen) atoms. The molecule has 0 atom stereocenters. The number of hydrogen-bond acceptors (Lipinski definition) is 4. The molecule has 0 radical (unpaired) electrons. The van der Waals surface area contributed by atoms with E-state index in [0.717, 1.165) is 42.9 Å². The molecular weight excluding hydrogens is 178 g/mol. The van der Waals surface area contributed by atoms with Crippen molar-refractivity contribution in [2.24, 2.45) is 0 Å². The van der Waals surface area contributed by atoms with Gasteiger partial charge in [0.15, 0.2) is 5.82 Å². The van der Waals surface area contributed by atoms with E-state index in [2.05, 4.69) is 15.2 Å². The first-order valence-corrected chi connectivity index (χ1v) is 5.22. The lowest BCUT2D eigenvalue weighted by atomic mass is 10.0. The molecule has 0 amide bonds. The zero-order valence-corrected chi connectivity index (χ0v) is 8.24. The predicted molar refractivity (Wildman–Crippen MR) is 51.9 cm³/mol. The molecule has 4 nitrogen and oxygen atoms in total. The second-order valence-corrected chi connectivity index (χ2v) is 3.66. The Kier molecular flexibility index (Phi) is 3.03. The summed E-state index contributed by atoms with van der Waals surface area (Å²) in [5.74, 6) is 0.778. The van der Waals surface area contributed by atoms with Crippen LogP contribution in [0.5, 0.6) is 0 Å². The van der Waals surface area contributed by atoms with Crippen LogP contribution in [0.2, 0.25) is 0 Å². The minimum absolute atomic E-state index is 0.195. The molecule has 0 bridgehead atoms. The monoisotopic (exact) mass is 193 g/mol. The lowest BCUT2D eigenvalue weighted by Gasteiger charge is -2.12. The van der Waals surface area contributed by atoms with E-state index in [0.29, 0.717) is 0 Å². The van der Waals surface area contributed by atoms with Gasteiger partial charge in [-0.05, 0) is 32.1 Å². The van der Waals surface area contributed by atoms with Crippen LogP contribution in [0.3, 0.4) is 0 Å². The Morgan fingerprint density at radius 2 is 1.86 bits per heavy atom. The van der Waals surface area contributed by atoms with Crippen molar-refractivity contribution >= 4 is 0 Å². The summed E-state index contributed by atoms with van der Waals surface area (Å²) in [6.07, 6.45) is 5.94. The van der Waals surface area contributed by atoms with Crippen LogP contribution in [-0.4, -0.2) is 26.9 Å². The van der Waals surface area contributed by atoms with Crippen molar-refractivity contribution in [3.8, 4) is 0 Å². The van der Waals surface area contributed by atoms with Crippen LogP contribution in [0, 0.1) is 0 Å². The SMILES string of the molecule is OCCCc1nnc2c(n1)CCCC2. The topological polar surface area (TPSA) is 58.9 Å². The summed E-state index contributed by atoms with van der Waals surface area (Å²) in [6.45, 7) is 0.195. The first kappa shape index (κ1) is 9.52. The van der Waals surface area contributed by atoms with E-state index in [1.54, 1.807) is 0 Å². The van der Waals surface area contributed by atoms with Gasteiger partial charge in [0.05, 0.1) is 11.4 Å². The largest absolute Gasteiger partial charge is 0.396 e. The van der Waals surface area contributed by atoms with Crippen molar-refractivity contribution < 1.29 is 5.11 Å². The number of nitrogens with zero attached hydrogens (tertiary/aromatic N) is 3. The fourth-order valence-electron chi connectivity index (χ4n) is 1.74. The first-order chi connectivity index (χ1) is 6.90. The van der Waals surface area contributed by atoms with E-state index in [-0.39, 0.29) is 6.61 Å². The number of fused-ring (bicyclic) bond motifs is 1. The van der Waals surface area contributed by atoms with Crippen LogP contribution < -0.4 is 0 Å². The smallest absolute Gasteiger partial charge is 0.151 e. The molecule has 0 aliphatic heterocycles. The molecule has 2 rings (SSSR count). The van der Waals surface area contributed by atoms with E-state index >= 15 is 0 Å². The van der Waals surface area contributed by atoms with Gasteiger partial charge in [0.1, 0.15) is 0 Å². The van der Waals surface area contributed by atoms with Crippen molar-refractivity contribution in [3.63, 3.8) is 0 Å². The Bertz CT molecular complexity index is 314. The molecule has 0 spiro atoms. The van der Waals surface area contributed by atoms with Crippen LogP contribution in [0.15, 0.2) is 0 Å². The van der Waals surface area contributed by atoms with E-state index in [9.17, 15) is 0 Å². The third kappa shape index (κ3) is 2.07. The Morgan fingerprint density at radius 1 is 1.07 bits per heavy atom. The van der Waals surface area contributed by atoms with Gasteiger partial charge < -0.3 is 5.11 Å². The quantitative estimate of drug-likeness (QED) is 0.766. The molecule has 76 valence electrons. The third-order valence-corrected chi connectivity index (χ3v) is 2.52. The average Bonchev–Trinajstić information content (AvgIpc) is 2.26. The minimum Gasteiger partial charge on any atom is -0.396 e. The molecule has 1 aliphatic rings. The molecule has 1 aromatic heterocycles. The maximum atomic E-state index is 8.69. The molecule has 4 heteroatoms. The summed E-state index contributed by atoms with van der Waals surface area (Å²) < 4.78 is 0. The number of hydrogen-bond donors (Lipinski definition) is 1. The van der Waals surface area contributed by atoms with Crippen molar-refractivity contribution in [3.05, 3.63) is 17.2 Å². The van der Waals surface area contributed by atoms with E-state index in [4.69, 9.17) is 5.11 Å². The molecule has 1 heterocycles. The van der Waals surface area contributed by atoms with Crippen molar-refractivity contribution in [1.29, 1.82) is 0 Å². The lowest BCUT2D eigenvalue weighted by molar-refractivity contribution is 0.287. The van der Waals surface area contributed by atoms with Gasteiger partial charge in [-0.2, -0.15) is 5.10 Å². The van der Waals surface area contributed by atoms with Gasteiger partial charge in [-0.25, -0.2) is 4.98 Å². The van der Waals surface area contributed by atoms with Crippen LogP contribution >= 0.6 is 0 Å². The van der Waals surface area contributed by atoms with Crippen molar-refractivity contribution in [1.82, 2.24) is 15.2 Å². The molecule has 0 saturated carbocycles. The highest BCUT2D eigenvalue weighted by atomic mass is 16.2. The lowest BCUT2D eigenvalue weighted by Crippen LogP contribution is -2.12. The highest BCUT2D eigenvalue weighted by molar-refractivity contribution is 5.13. The van der Waals surface area contributed by atoms with Crippen LogP contribution in [0.4, 0.5) is 0 Å². The summed E-state index contributed by atoms with van der Waals surface area (Å²) in [5.41, 5.74) is 2.20. The van der Waals surface area contributed by atoms with Gasteiger partial charge in [-0.1, -0.05) is 0 Å².